The van der Waals surface area contributed by atoms with Crippen LogP contribution in [0.4, 0.5) is 0 Å². The van der Waals surface area contributed by atoms with Crippen LogP contribution in [0.3, 0.4) is 0 Å². The fourth-order valence-corrected chi connectivity index (χ4v) is 6.90. The number of morpholine rings is 1. The first-order valence-corrected chi connectivity index (χ1v) is 13.5. The summed E-state index contributed by atoms with van der Waals surface area (Å²) in [6.45, 7) is 11.6. The molecule has 0 radical (unpaired) electrons. The Morgan fingerprint density at radius 3 is 2.75 bits per heavy atom. The number of rotatable bonds is 5. The molecule has 0 atom stereocenters. The fourth-order valence-electron chi connectivity index (χ4n) is 4.00. The number of hydrogen-bond donors (Lipinski definition) is 0. The molecule has 5 heterocycles. The van der Waals surface area contributed by atoms with Gasteiger partial charge in [0.05, 0.1) is 36.6 Å². The van der Waals surface area contributed by atoms with Crippen molar-refractivity contribution >= 4 is 56.6 Å². The Kier molecular flexibility index (Phi) is 6.12. The molecular formula is C21H27N5O3S3. The Labute approximate surface area is 199 Å². The van der Waals surface area contributed by atoms with E-state index >= 15 is 0 Å². The van der Waals surface area contributed by atoms with E-state index in [2.05, 4.69) is 37.9 Å². The number of carbonyl (C=O) groups excluding carboxylic acids is 1. The topological polar surface area (TPSA) is 81.9 Å². The summed E-state index contributed by atoms with van der Waals surface area (Å²) in [4.78, 5) is 21.8. The van der Waals surface area contributed by atoms with E-state index in [1.54, 1.807) is 23.1 Å². The summed E-state index contributed by atoms with van der Waals surface area (Å²) in [6.07, 6.45) is 0.821. The third kappa shape index (κ3) is 4.25. The lowest BCUT2D eigenvalue weighted by molar-refractivity contribution is -0.132. The molecule has 0 N–H and O–H groups in total. The molecule has 11 heteroatoms. The lowest BCUT2D eigenvalue weighted by atomic mass is 9.94. The SMILES string of the molecule is CC(C)Sc1nc2sc3c(c2c2nnc(SCC(=O)N4CCOCC4)n12)CC(C)(C)OC3. The average Bonchev–Trinajstić information content (AvgIpc) is 3.32. The van der Waals surface area contributed by atoms with Crippen LogP contribution in [0.15, 0.2) is 10.3 Å². The van der Waals surface area contributed by atoms with Crippen molar-refractivity contribution in [1.82, 2.24) is 24.5 Å². The van der Waals surface area contributed by atoms with E-state index < -0.39 is 0 Å². The highest BCUT2D eigenvalue weighted by atomic mass is 32.2. The molecular weight excluding hydrogens is 466 g/mol. The van der Waals surface area contributed by atoms with Crippen LogP contribution in [0.1, 0.15) is 38.1 Å². The number of thiophene rings is 1. The number of ether oxygens (including phenoxy) is 2. The minimum atomic E-state index is -0.217. The van der Waals surface area contributed by atoms with Gasteiger partial charge in [-0.2, -0.15) is 0 Å². The Hall–Kier alpha value is -1.40. The molecule has 172 valence electrons. The lowest BCUT2D eigenvalue weighted by Crippen LogP contribution is -2.41. The zero-order chi connectivity index (χ0) is 22.5. The van der Waals surface area contributed by atoms with E-state index in [1.165, 1.54) is 22.2 Å². The molecule has 0 unspecified atom stereocenters. The summed E-state index contributed by atoms with van der Waals surface area (Å²) in [5.41, 5.74) is 1.88. The van der Waals surface area contributed by atoms with Crippen LogP contribution in [0.5, 0.6) is 0 Å². The first-order valence-electron chi connectivity index (χ1n) is 10.8. The minimum Gasteiger partial charge on any atom is -0.378 e. The molecule has 2 aliphatic rings. The van der Waals surface area contributed by atoms with E-state index in [-0.39, 0.29) is 11.5 Å². The summed E-state index contributed by atoms with van der Waals surface area (Å²) in [7, 11) is 0. The van der Waals surface area contributed by atoms with Gasteiger partial charge in [-0.05, 0) is 19.4 Å². The van der Waals surface area contributed by atoms with Gasteiger partial charge in [-0.15, -0.1) is 21.5 Å². The number of fused-ring (bicyclic) bond motifs is 5. The quantitative estimate of drug-likeness (QED) is 0.394. The molecule has 3 aromatic rings. The maximum Gasteiger partial charge on any atom is 0.233 e. The molecule has 5 rings (SSSR count). The summed E-state index contributed by atoms with van der Waals surface area (Å²) in [5.74, 6) is 0.432. The monoisotopic (exact) mass is 493 g/mol. The van der Waals surface area contributed by atoms with Crippen molar-refractivity contribution in [3.05, 3.63) is 10.4 Å². The van der Waals surface area contributed by atoms with E-state index in [0.29, 0.717) is 49.1 Å². The second-order valence-electron chi connectivity index (χ2n) is 8.89. The number of nitrogens with zero attached hydrogens (tertiary/aromatic N) is 5. The molecule has 1 fully saturated rings. The lowest BCUT2D eigenvalue weighted by Gasteiger charge is -2.30. The van der Waals surface area contributed by atoms with Gasteiger partial charge in [0.2, 0.25) is 5.91 Å². The van der Waals surface area contributed by atoms with E-state index in [1.807, 2.05) is 9.30 Å². The third-order valence-corrected chi connectivity index (χ3v) is 8.51. The average molecular weight is 494 g/mol. The van der Waals surface area contributed by atoms with Crippen molar-refractivity contribution in [2.75, 3.05) is 32.1 Å². The number of aromatic nitrogens is 4. The Bertz CT molecular complexity index is 1170. The van der Waals surface area contributed by atoms with Gasteiger partial charge in [0.25, 0.3) is 0 Å². The van der Waals surface area contributed by atoms with Crippen molar-refractivity contribution in [2.24, 2.45) is 0 Å². The van der Waals surface area contributed by atoms with Gasteiger partial charge < -0.3 is 14.4 Å². The van der Waals surface area contributed by atoms with Gasteiger partial charge in [0.15, 0.2) is 16.0 Å². The van der Waals surface area contributed by atoms with E-state index in [9.17, 15) is 4.79 Å². The van der Waals surface area contributed by atoms with Crippen LogP contribution in [0, 0.1) is 0 Å². The Balaban J connectivity index is 1.54. The highest BCUT2D eigenvalue weighted by Crippen LogP contribution is 2.41. The predicted octanol–water partition coefficient (Wildman–Crippen LogP) is 3.64. The second-order valence-corrected chi connectivity index (χ2v) is 12.5. The van der Waals surface area contributed by atoms with Crippen molar-refractivity contribution in [3.8, 4) is 0 Å². The van der Waals surface area contributed by atoms with Gasteiger partial charge in [-0.25, -0.2) is 9.38 Å². The molecule has 0 aliphatic carbocycles. The normalized spacial score (nSPS) is 18.6. The summed E-state index contributed by atoms with van der Waals surface area (Å²) >= 11 is 4.82. The highest BCUT2D eigenvalue weighted by molar-refractivity contribution is 8.00. The molecule has 1 saturated heterocycles. The summed E-state index contributed by atoms with van der Waals surface area (Å²) in [6, 6.07) is 0. The molecule has 0 spiro atoms. The zero-order valence-electron chi connectivity index (χ0n) is 18.7. The Morgan fingerprint density at radius 2 is 2.00 bits per heavy atom. The first-order chi connectivity index (χ1) is 15.3. The second kappa shape index (κ2) is 8.75. The third-order valence-electron chi connectivity index (χ3n) is 5.54. The molecule has 2 aliphatic heterocycles. The van der Waals surface area contributed by atoms with E-state index in [4.69, 9.17) is 14.5 Å². The van der Waals surface area contributed by atoms with Crippen LogP contribution in [-0.4, -0.2) is 73.3 Å². The van der Waals surface area contributed by atoms with E-state index in [0.717, 1.165) is 27.4 Å². The molecule has 32 heavy (non-hydrogen) atoms. The molecule has 1 amide bonds. The van der Waals surface area contributed by atoms with Gasteiger partial charge in [0.1, 0.15) is 4.83 Å². The summed E-state index contributed by atoms with van der Waals surface area (Å²) < 4.78 is 13.4. The molecule has 8 nitrogen and oxygen atoms in total. The van der Waals surface area contributed by atoms with Gasteiger partial charge in [-0.3, -0.25) is 4.79 Å². The van der Waals surface area contributed by atoms with Crippen molar-refractivity contribution in [3.63, 3.8) is 0 Å². The van der Waals surface area contributed by atoms with Crippen LogP contribution < -0.4 is 0 Å². The van der Waals surface area contributed by atoms with Gasteiger partial charge >= 0.3 is 0 Å². The highest BCUT2D eigenvalue weighted by Gasteiger charge is 2.32. The number of carbonyl (C=O) groups is 1. The van der Waals surface area contributed by atoms with Gasteiger partial charge in [0, 0.05) is 29.6 Å². The van der Waals surface area contributed by atoms with Crippen LogP contribution in [0.2, 0.25) is 0 Å². The molecule has 3 aromatic heterocycles. The van der Waals surface area contributed by atoms with Crippen LogP contribution in [0.25, 0.3) is 15.9 Å². The van der Waals surface area contributed by atoms with Crippen molar-refractivity contribution < 1.29 is 14.3 Å². The van der Waals surface area contributed by atoms with Crippen molar-refractivity contribution in [1.29, 1.82) is 0 Å². The Morgan fingerprint density at radius 1 is 1.22 bits per heavy atom. The number of thioether (sulfide) groups is 2. The smallest absolute Gasteiger partial charge is 0.233 e. The minimum absolute atomic E-state index is 0.106. The zero-order valence-corrected chi connectivity index (χ0v) is 21.2. The first kappa shape index (κ1) is 22.4. The van der Waals surface area contributed by atoms with Gasteiger partial charge in [-0.1, -0.05) is 37.4 Å². The largest absolute Gasteiger partial charge is 0.378 e. The number of hydrogen-bond acceptors (Lipinski definition) is 9. The number of amides is 1. The fraction of sp³-hybridized carbons (Fsp3) is 0.619. The van der Waals surface area contributed by atoms with Crippen LogP contribution in [-0.2, 0) is 27.3 Å². The van der Waals surface area contributed by atoms with Crippen LogP contribution >= 0.6 is 34.9 Å². The summed E-state index contributed by atoms with van der Waals surface area (Å²) in [5, 5.41) is 12.1. The predicted molar refractivity (Wildman–Crippen MR) is 128 cm³/mol. The molecule has 0 aromatic carbocycles. The standard InChI is InChI=1S/C21H27N5O3S3/c1-12(2)31-19-22-18-16(13-9-21(3,4)29-10-14(13)32-18)17-23-24-20(26(17)19)30-11-15(27)25-5-7-28-8-6-25/h12H,5-11H2,1-4H3. The maximum atomic E-state index is 12.7. The maximum absolute atomic E-state index is 12.7. The molecule has 0 saturated carbocycles. The van der Waals surface area contributed by atoms with Crippen molar-refractivity contribution in [2.45, 2.75) is 61.9 Å². The molecule has 0 bridgehead atoms.